The van der Waals surface area contributed by atoms with Crippen molar-refractivity contribution >= 4 is 27.7 Å². The third-order valence-electron chi connectivity index (χ3n) is 4.53. The molecule has 1 fully saturated rings. The van der Waals surface area contributed by atoms with Gasteiger partial charge in [-0.25, -0.2) is 8.78 Å². The monoisotopic (exact) mass is 436 g/mol. The normalized spacial score (nSPS) is 18.0. The minimum atomic E-state index is -0.622. The molecule has 2 aromatic rings. The first-order valence-corrected chi connectivity index (χ1v) is 9.51. The number of nitrogens with one attached hydrogen (secondary N) is 2. The van der Waals surface area contributed by atoms with Gasteiger partial charge in [0.1, 0.15) is 11.6 Å². The standard InChI is InChI=1S/C20H19BrF2N2O2/c21-13-4-2-12(3-5-13)19(26)24-8-1-9-25-20(27)17-11-16(17)15-7-6-14(22)10-18(15)23/h2-7,10,16-17H,1,8-9,11H2,(H,24,26)(H,25,27). The molecule has 2 atom stereocenters. The summed E-state index contributed by atoms with van der Waals surface area (Å²) < 4.78 is 27.6. The molecule has 0 heterocycles. The van der Waals surface area contributed by atoms with Gasteiger partial charge in [0, 0.05) is 35.1 Å². The Hall–Kier alpha value is -2.28. The van der Waals surface area contributed by atoms with Gasteiger partial charge in [-0.3, -0.25) is 9.59 Å². The number of halogens is 3. The van der Waals surface area contributed by atoms with Crippen molar-refractivity contribution in [2.75, 3.05) is 13.1 Å². The van der Waals surface area contributed by atoms with Crippen LogP contribution in [0, 0.1) is 17.6 Å². The summed E-state index contributed by atoms with van der Waals surface area (Å²) in [4.78, 5) is 24.1. The highest BCUT2D eigenvalue weighted by Crippen LogP contribution is 2.48. The molecule has 0 radical (unpaired) electrons. The summed E-state index contributed by atoms with van der Waals surface area (Å²) in [5.41, 5.74) is 0.961. The zero-order chi connectivity index (χ0) is 19.4. The van der Waals surface area contributed by atoms with Crippen molar-refractivity contribution in [2.45, 2.75) is 18.8 Å². The van der Waals surface area contributed by atoms with Gasteiger partial charge < -0.3 is 10.6 Å². The van der Waals surface area contributed by atoms with Gasteiger partial charge in [-0.05, 0) is 54.7 Å². The van der Waals surface area contributed by atoms with Gasteiger partial charge in [0.2, 0.25) is 5.91 Å². The lowest BCUT2D eigenvalue weighted by Gasteiger charge is -2.07. The van der Waals surface area contributed by atoms with Crippen molar-refractivity contribution in [2.24, 2.45) is 5.92 Å². The maximum absolute atomic E-state index is 13.8. The first-order valence-electron chi connectivity index (χ1n) is 8.72. The van der Waals surface area contributed by atoms with Crippen molar-refractivity contribution in [3.63, 3.8) is 0 Å². The molecule has 3 rings (SSSR count). The Morgan fingerprint density at radius 1 is 1.04 bits per heavy atom. The molecule has 7 heteroatoms. The van der Waals surface area contributed by atoms with E-state index < -0.39 is 11.6 Å². The van der Waals surface area contributed by atoms with Crippen molar-refractivity contribution in [1.29, 1.82) is 0 Å². The Morgan fingerprint density at radius 3 is 2.44 bits per heavy atom. The molecular weight excluding hydrogens is 418 g/mol. The fourth-order valence-electron chi connectivity index (χ4n) is 2.97. The van der Waals surface area contributed by atoms with Crippen LogP contribution in [0.1, 0.15) is 34.7 Å². The highest BCUT2D eigenvalue weighted by atomic mass is 79.9. The molecule has 142 valence electrons. The van der Waals surface area contributed by atoms with Crippen LogP contribution in [0.15, 0.2) is 46.9 Å². The molecule has 4 nitrogen and oxygen atoms in total. The largest absolute Gasteiger partial charge is 0.356 e. The Bertz CT molecular complexity index is 842. The minimum absolute atomic E-state index is 0.136. The lowest BCUT2D eigenvalue weighted by molar-refractivity contribution is -0.122. The fraction of sp³-hybridized carbons (Fsp3) is 0.300. The maximum atomic E-state index is 13.8. The van der Waals surface area contributed by atoms with Crippen LogP contribution in [0.3, 0.4) is 0 Å². The summed E-state index contributed by atoms with van der Waals surface area (Å²) in [6.45, 7) is 0.866. The molecule has 1 aliphatic carbocycles. The lowest BCUT2D eigenvalue weighted by Crippen LogP contribution is -2.30. The predicted molar refractivity (Wildman–Crippen MR) is 101 cm³/mol. The first kappa shape index (κ1) is 19.5. The zero-order valence-corrected chi connectivity index (χ0v) is 16.1. The number of carbonyl (C=O) groups excluding carboxylic acids is 2. The molecular formula is C20H19BrF2N2O2. The number of carbonyl (C=O) groups is 2. The van der Waals surface area contributed by atoms with Crippen LogP contribution < -0.4 is 10.6 Å². The van der Waals surface area contributed by atoms with Crippen LogP contribution in [0.2, 0.25) is 0 Å². The van der Waals surface area contributed by atoms with E-state index in [9.17, 15) is 18.4 Å². The van der Waals surface area contributed by atoms with E-state index in [0.29, 0.717) is 37.1 Å². The predicted octanol–water partition coefficient (Wildman–Crippen LogP) is 3.77. The van der Waals surface area contributed by atoms with Crippen LogP contribution in [0.25, 0.3) is 0 Å². The van der Waals surface area contributed by atoms with E-state index in [1.807, 2.05) is 0 Å². The molecule has 2 N–H and O–H groups in total. The maximum Gasteiger partial charge on any atom is 0.251 e. The summed E-state index contributed by atoms with van der Waals surface area (Å²) in [6.07, 6.45) is 1.16. The Labute approximate surface area is 164 Å². The summed E-state index contributed by atoms with van der Waals surface area (Å²) in [5.74, 6) is -2.00. The van der Waals surface area contributed by atoms with Crippen LogP contribution in [0.4, 0.5) is 8.78 Å². The molecule has 1 saturated carbocycles. The van der Waals surface area contributed by atoms with E-state index in [0.717, 1.165) is 10.5 Å². The topological polar surface area (TPSA) is 58.2 Å². The SMILES string of the molecule is O=C(NCCCNC(=O)C1CC1c1ccc(F)cc1F)c1ccc(Br)cc1. The van der Waals surface area contributed by atoms with Gasteiger partial charge in [0.25, 0.3) is 5.91 Å². The second-order valence-corrected chi connectivity index (χ2v) is 7.44. The summed E-state index contributed by atoms with van der Waals surface area (Å²) in [6, 6.07) is 10.5. The van der Waals surface area contributed by atoms with Gasteiger partial charge >= 0.3 is 0 Å². The summed E-state index contributed by atoms with van der Waals surface area (Å²) in [7, 11) is 0. The molecule has 1 aliphatic rings. The molecule has 2 amide bonds. The van der Waals surface area contributed by atoms with E-state index in [2.05, 4.69) is 26.6 Å². The quantitative estimate of drug-likeness (QED) is 0.649. The van der Waals surface area contributed by atoms with Gasteiger partial charge in [-0.2, -0.15) is 0 Å². The summed E-state index contributed by atoms with van der Waals surface area (Å²) in [5, 5.41) is 5.60. The molecule has 0 spiro atoms. The van der Waals surface area contributed by atoms with Crippen LogP contribution in [-0.2, 0) is 4.79 Å². The fourth-order valence-corrected chi connectivity index (χ4v) is 3.23. The Kier molecular flexibility index (Phi) is 6.21. The van der Waals surface area contributed by atoms with Crippen molar-refractivity contribution < 1.29 is 18.4 Å². The molecule has 0 aliphatic heterocycles. The van der Waals surface area contributed by atoms with Crippen molar-refractivity contribution in [3.05, 3.63) is 69.7 Å². The van der Waals surface area contributed by atoms with E-state index in [4.69, 9.17) is 0 Å². The highest BCUT2D eigenvalue weighted by molar-refractivity contribution is 9.10. The Balaban J connectivity index is 1.36. The number of amides is 2. The summed E-state index contributed by atoms with van der Waals surface area (Å²) >= 11 is 3.31. The van der Waals surface area contributed by atoms with E-state index in [1.165, 1.54) is 12.1 Å². The van der Waals surface area contributed by atoms with E-state index in [-0.39, 0.29) is 23.7 Å². The van der Waals surface area contributed by atoms with Crippen molar-refractivity contribution in [3.8, 4) is 0 Å². The van der Waals surface area contributed by atoms with Gasteiger partial charge in [-0.1, -0.05) is 22.0 Å². The third kappa shape index (κ3) is 5.13. The number of hydrogen-bond acceptors (Lipinski definition) is 2. The average Bonchev–Trinajstić information content (AvgIpc) is 3.42. The van der Waals surface area contributed by atoms with Crippen LogP contribution in [0.5, 0.6) is 0 Å². The number of hydrogen-bond donors (Lipinski definition) is 2. The zero-order valence-electron chi connectivity index (χ0n) is 14.5. The van der Waals surface area contributed by atoms with E-state index >= 15 is 0 Å². The molecule has 2 unspecified atom stereocenters. The molecule has 0 bridgehead atoms. The molecule has 27 heavy (non-hydrogen) atoms. The van der Waals surface area contributed by atoms with Gasteiger partial charge in [0.15, 0.2) is 0 Å². The van der Waals surface area contributed by atoms with Crippen LogP contribution >= 0.6 is 15.9 Å². The Morgan fingerprint density at radius 2 is 1.74 bits per heavy atom. The molecule has 0 saturated heterocycles. The molecule has 2 aromatic carbocycles. The average molecular weight is 437 g/mol. The lowest BCUT2D eigenvalue weighted by atomic mass is 10.1. The second-order valence-electron chi connectivity index (χ2n) is 6.52. The van der Waals surface area contributed by atoms with Gasteiger partial charge in [0.05, 0.1) is 0 Å². The molecule has 0 aromatic heterocycles. The second kappa shape index (κ2) is 8.61. The highest BCUT2D eigenvalue weighted by Gasteiger charge is 2.45. The number of rotatable bonds is 7. The van der Waals surface area contributed by atoms with Gasteiger partial charge in [-0.15, -0.1) is 0 Å². The number of benzene rings is 2. The van der Waals surface area contributed by atoms with E-state index in [1.54, 1.807) is 24.3 Å². The first-order chi connectivity index (χ1) is 13.0. The third-order valence-corrected chi connectivity index (χ3v) is 5.06. The van der Waals surface area contributed by atoms with Crippen molar-refractivity contribution in [1.82, 2.24) is 10.6 Å². The minimum Gasteiger partial charge on any atom is -0.356 e. The van der Waals surface area contributed by atoms with Crippen LogP contribution in [-0.4, -0.2) is 24.9 Å². The smallest absolute Gasteiger partial charge is 0.251 e.